The third kappa shape index (κ3) is 4.00. The van der Waals surface area contributed by atoms with Crippen LogP contribution in [0.5, 0.6) is 0 Å². The number of piperidine rings is 1. The molecule has 9 nitrogen and oxygen atoms in total. The lowest BCUT2D eigenvalue weighted by atomic mass is 10.1. The van der Waals surface area contributed by atoms with Gasteiger partial charge >= 0.3 is 5.97 Å². The molecule has 0 amide bonds. The Kier molecular flexibility index (Phi) is 4.93. The van der Waals surface area contributed by atoms with Crippen molar-refractivity contribution in [3.8, 4) is 0 Å². The highest BCUT2D eigenvalue weighted by Gasteiger charge is 2.29. The minimum absolute atomic E-state index is 0.236. The second kappa shape index (κ2) is 6.52. The molecule has 4 N–H and O–H groups in total. The number of imidazole rings is 1. The number of nitrogens with one attached hydrogen (secondary N) is 1. The topological polar surface area (TPSA) is 131 Å². The van der Waals surface area contributed by atoms with Gasteiger partial charge in [-0.3, -0.25) is 4.79 Å². The summed E-state index contributed by atoms with van der Waals surface area (Å²) in [6.45, 7) is 0.431. The maximum atomic E-state index is 12.1. The minimum atomic E-state index is -3.69. The van der Waals surface area contributed by atoms with Gasteiger partial charge in [-0.25, -0.2) is 4.98 Å². The molecule has 1 saturated heterocycles. The Morgan fingerprint density at radius 3 is 2.67 bits per heavy atom. The Morgan fingerprint density at radius 2 is 2.14 bits per heavy atom. The zero-order chi connectivity index (χ0) is 15.5. The van der Waals surface area contributed by atoms with E-state index < -0.39 is 22.2 Å². The van der Waals surface area contributed by atoms with E-state index in [9.17, 15) is 13.2 Å². The summed E-state index contributed by atoms with van der Waals surface area (Å²) in [5, 5.41) is 8.65. The van der Waals surface area contributed by atoms with Crippen LogP contribution < -0.4 is 10.5 Å². The summed E-state index contributed by atoms with van der Waals surface area (Å²) in [7, 11) is -3.69. The van der Waals surface area contributed by atoms with E-state index in [2.05, 4.69) is 9.71 Å². The molecule has 0 aliphatic carbocycles. The summed E-state index contributed by atoms with van der Waals surface area (Å²) >= 11 is 0. The number of hydrogen-bond donors (Lipinski definition) is 3. The summed E-state index contributed by atoms with van der Waals surface area (Å²) in [5.41, 5.74) is 5.28. The fourth-order valence-electron chi connectivity index (χ4n) is 2.24. The van der Waals surface area contributed by atoms with E-state index in [1.54, 1.807) is 12.5 Å². The van der Waals surface area contributed by atoms with Gasteiger partial charge in [0.2, 0.25) is 0 Å². The molecular weight excluding hydrogens is 298 g/mol. The van der Waals surface area contributed by atoms with Crippen molar-refractivity contribution in [1.82, 2.24) is 18.6 Å². The van der Waals surface area contributed by atoms with Crippen molar-refractivity contribution in [3.63, 3.8) is 0 Å². The predicted octanol–water partition coefficient (Wildman–Crippen LogP) is -1.23. The van der Waals surface area contributed by atoms with Crippen molar-refractivity contribution in [2.75, 3.05) is 19.6 Å². The molecule has 2 rings (SSSR count). The molecule has 0 bridgehead atoms. The van der Waals surface area contributed by atoms with Crippen LogP contribution in [0.4, 0.5) is 0 Å². The number of carbonyl (C=O) groups is 1. The summed E-state index contributed by atoms with van der Waals surface area (Å²) < 4.78 is 29.6. The lowest BCUT2D eigenvalue weighted by Gasteiger charge is -2.31. The molecule has 0 spiro atoms. The van der Waals surface area contributed by atoms with Crippen LogP contribution in [0, 0.1) is 0 Å². The molecule has 1 aromatic rings. The third-order valence-electron chi connectivity index (χ3n) is 3.51. The minimum Gasteiger partial charge on any atom is -0.480 e. The Bertz CT molecular complexity index is 565. The van der Waals surface area contributed by atoms with E-state index in [1.165, 1.54) is 4.31 Å². The van der Waals surface area contributed by atoms with Crippen molar-refractivity contribution in [3.05, 3.63) is 18.7 Å². The number of nitrogens with zero attached hydrogens (tertiary/aromatic N) is 3. The van der Waals surface area contributed by atoms with E-state index >= 15 is 0 Å². The largest absolute Gasteiger partial charge is 0.480 e. The summed E-state index contributed by atoms with van der Waals surface area (Å²) in [6.07, 6.45) is 6.64. The van der Waals surface area contributed by atoms with Gasteiger partial charge in [0.1, 0.15) is 6.04 Å². The molecule has 1 aliphatic heterocycles. The van der Waals surface area contributed by atoms with Crippen molar-refractivity contribution in [2.24, 2.45) is 5.73 Å². The van der Waals surface area contributed by atoms with Gasteiger partial charge in [-0.05, 0) is 12.8 Å². The fraction of sp³-hybridized carbons (Fsp3) is 0.636. The van der Waals surface area contributed by atoms with Crippen LogP contribution in [-0.2, 0) is 15.0 Å². The van der Waals surface area contributed by atoms with E-state index in [4.69, 9.17) is 10.8 Å². The van der Waals surface area contributed by atoms with Crippen LogP contribution in [-0.4, -0.2) is 59.0 Å². The van der Waals surface area contributed by atoms with Gasteiger partial charge in [-0.2, -0.15) is 17.4 Å². The number of carboxylic acid groups (broad SMARTS) is 1. The maximum absolute atomic E-state index is 12.1. The maximum Gasteiger partial charge on any atom is 0.321 e. The van der Waals surface area contributed by atoms with Crippen LogP contribution in [0.1, 0.15) is 18.9 Å². The molecule has 10 heteroatoms. The molecular formula is C11H19N5O4S. The van der Waals surface area contributed by atoms with Crippen LogP contribution in [0.15, 0.2) is 18.7 Å². The fourth-order valence-corrected chi connectivity index (χ4v) is 3.50. The van der Waals surface area contributed by atoms with Gasteiger partial charge in [-0.1, -0.05) is 0 Å². The Balaban J connectivity index is 1.87. The van der Waals surface area contributed by atoms with Crippen LogP contribution in [0.3, 0.4) is 0 Å². The highest BCUT2D eigenvalue weighted by Crippen LogP contribution is 2.23. The van der Waals surface area contributed by atoms with E-state index in [-0.39, 0.29) is 12.6 Å². The van der Waals surface area contributed by atoms with E-state index in [0.29, 0.717) is 25.9 Å². The molecule has 0 radical (unpaired) electrons. The lowest BCUT2D eigenvalue weighted by molar-refractivity contribution is -0.138. The van der Waals surface area contributed by atoms with Crippen LogP contribution in [0.2, 0.25) is 0 Å². The molecule has 118 valence electrons. The van der Waals surface area contributed by atoms with Gasteiger partial charge in [0.15, 0.2) is 0 Å². The smallest absolute Gasteiger partial charge is 0.321 e. The first-order valence-electron chi connectivity index (χ1n) is 6.60. The average molecular weight is 317 g/mol. The van der Waals surface area contributed by atoms with Gasteiger partial charge < -0.3 is 15.4 Å². The number of carboxylic acids is 1. The molecule has 1 fully saturated rings. The summed E-state index contributed by atoms with van der Waals surface area (Å²) in [5.74, 6) is -1.24. The third-order valence-corrected chi connectivity index (χ3v) is 5.09. The predicted molar refractivity (Wildman–Crippen MR) is 74.6 cm³/mol. The first-order chi connectivity index (χ1) is 9.90. The first kappa shape index (κ1) is 15.9. The van der Waals surface area contributed by atoms with Crippen molar-refractivity contribution < 1.29 is 18.3 Å². The van der Waals surface area contributed by atoms with Crippen molar-refractivity contribution in [1.29, 1.82) is 0 Å². The monoisotopic (exact) mass is 317 g/mol. The van der Waals surface area contributed by atoms with Crippen molar-refractivity contribution >= 4 is 16.2 Å². The zero-order valence-electron chi connectivity index (χ0n) is 11.4. The molecule has 1 atom stereocenters. The molecule has 1 aliphatic rings. The SMILES string of the molecule is NC(CNS(=O)(=O)N1CCC(n2ccnc2)CC1)C(=O)O. The number of aromatic nitrogens is 2. The zero-order valence-corrected chi connectivity index (χ0v) is 12.2. The number of rotatable bonds is 6. The van der Waals surface area contributed by atoms with Gasteiger partial charge in [-0.15, -0.1) is 0 Å². The lowest BCUT2D eigenvalue weighted by Crippen LogP contribution is -2.49. The van der Waals surface area contributed by atoms with Crippen molar-refractivity contribution in [2.45, 2.75) is 24.9 Å². The highest BCUT2D eigenvalue weighted by atomic mass is 32.2. The first-order valence-corrected chi connectivity index (χ1v) is 8.04. The number of hydrogen-bond acceptors (Lipinski definition) is 5. The molecule has 21 heavy (non-hydrogen) atoms. The second-order valence-electron chi connectivity index (χ2n) is 4.94. The Labute approximate surface area is 122 Å². The summed E-state index contributed by atoms with van der Waals surface area (Å²) in [4.78, 5) is 14.6. The van der Waals surface area contributed by atoms with Crippen LogP contribution >= 0.6 is 0 Å². The molecule has 2 heterocycles. The molecule has 0 saturated carbocycles. The van der Waals surface area contributed by atoms with Gasteiger partial charge in [0, 0.05) is 38.1 Å². The molecule has 0 aromatic carbocycles. The van der Waals surface area contributed by atoms with Gasteiger partial charge in [0.05, 0.1) is 6.33 Å². The summed E-state index contributed by atoms with van der Waals surface area (Å²) in [6, 6.07) is -1.01. The highest BCUT2D eigenvalue weighted by molar-refractivity contribution is 7.87. The van der Waals surface area contributed by atoms with E-state index in [0.717, 1.165) is 0 Å². The standard InChI is InChI=1S/C11H19N5O4S/c12-10(11(17)18)7-14-21(19,20)16-4-1-9(2-5-16)15-6-3-13-8-15/h3,6,8-10,14H,1-2,4-5,7,12H2,(H,17,18). The average Bonchev–Trinajstić information content (AvgIpc) is 2.99. The second-order valence-corrected chi connectivity index (χ2v) is 6.69. The normalized spacial score (nSPS) is 19.5. The number of aliphatic carboxylic acids is 1. The van der Waals surface area contributed by atoms with Gasteiger partial charge in [0.25, 0.3) is 10.2 Å². The van der Waals surface area contributed by atoms with E-state index in [1.807, 2.05) is 10.8 Å². The van der Waals surface area contributed by atoms with Crippen LogP contribution in [0.25, 0.3) is 0 Å². The Hall–Kier alpha value is -1.49. The molecule has 1 unspecified atom stereocenters. The molecule has 1 aromatic heterocycles. The Morgan fingerprint density at radius 1 is 1.48 bits per heavy atom. The number of nitrogens with two attached hydrogens (primary N) is 1. The quantitative estimate of drug-likeness (QED) is 0.602.